The molecule has 0 radical (unpaired) electrons. The lowest BCUT2D eigenvalue weighted by Crippen LogP contribution is -2.50. The van der Waals surface area contributed by atoms with Gasteiger partial charge < -0.3 is 10.0 Å². The van der Waals surface area contributed by atoms with Gasteiger partial charge >= 0.3 is 5.97 Å². The van der Waals surface area contributed by atoms with Crippen molar-refractivity contribution < 1.29 is 19.1 Å². The number of carbonyl (C=O) groups excluding carboxylic acids is 1. The second-order valence-corrected chi connectivity index (χ2v) is 5.10. The fraction of sp³-hybridized carbons (Fsp3) is 0.429. The van der Waals surface area contributed by atoms with E-state index in [-0.39, 0.29) is 5.91 Å². The van der Waals surface area contributed by atoms with E-state index < -0.39 is 17.3 Å². The summed E-state index contributed by atoms with van der Waals surface area (Å²) >= 11 is 0. The van der Waals surface area contributed by atoms with Crippen LogP contribution in [0.2, 0.25) is 0 Å². The first kappa shape index (κ1) is 13.5. The topological polar surface area (TPSA) is 57.6 Å². The molecule has 0 bridgehead atoms. The molecule has 1 amide bonds. The van der Waals surface area contributed by atoms with Gasteiger partial charge in [0.25, 0.3) is 5.91 Å². The Balaban J connectivity index is 2.36. The third kappa shape index (κ3) is 2.20. The van der Waals surface area contributed by atoms with E-state index in [2.05, 4.69) is 0 Å². The van der Waals surface area contributed by atoms with Crippen LogP contribution in [-0.2, 0) is 4.79 Å². The van der Waals surface area contributed by atoms with Gasteiger partial charge in [0.05, 0.1) is 0 Å². The summed E-state index contributed by atoms with van der Waals surface area (Å²) in [6.07, 6.45) is 1.10. The zero-order valence-electron chi connectivity index (χ0n) is 10.9. The van der Waals surface area contributed by atoms with Crippen molar-refractivity contribution in [2.45, 2.75) is 32.2 Å². The Morgan fingerprint density at radius 1 is 1.42 bits per heavy atom. The van der Waals surface area contributed by atoms with E-state index in [0.29, 0.717) is 30.5 Å². The summed E-state index contributed by atoms with van der Waals surface area (Å²) in [5.41, 5.74) is -0.293. The van der Waals surface area contributed by atoms with Gasteiger partial charge in [-0.25, -0.2) is 9.18 Å². The maximum Gasteiger partial charge on any atom is 0.329 e. The Bertz CT molecular complexity index is 543. The number of aliphatic carboxylic acids is 1. The molecular weight excluding hydrogens is 249 g/mol. The molecule has 0 aromatic heterocycles. The highest BCUT2D eigenvalue weighted by Gasteiger charge is 2.46. The van der Waals surface area contributed by atoms with Gasteiger partial charge in [-0.05, 0) is 50.5 Å². The molecule has 1 aromatic rings. The second-order valence-electron chi connectivity index (χ2n) is 5.10. The van der Waals surface area contributed by atoms with Gasteiger partial charge in [-0.1, -0.05) is 0 Å². The number of carboxylic acids is 1. The van der Waals surface area contributed by atoms with E-state index in [0.717, 1.165) is 0 Å². The largest absolute Gasteiger partial charge is 0.480 e. The molecule has 1 aliphatic rings. The van der Waals surface area contributed by atoms with Crippen molar-refractivity contribution in [3.05, 3.63) is 35.1 Å². The third-order valence-corrected chi connectivity index (χ3v) is 3.77. The molecule has 5 heteroatoms. The number of rotatable bonds is 2. The van der Waals surface area contributed by atoms with Crippen LogP contribution >= 0.6 is 0 Å². The van der Waals surface area contributed by atoms with Crippen molar-refractivity contribution in [1.82, 2.24) is 4.90 Å². The van der Waals surface area contributed by atoms with Gasteiger partial charge in [-0.2, -0.15) is 0 Å². The summed E-state index contributed by atoms with van der Waals surface area (Å²) in [5, 5.41) is 9.30. The van der Waals surface area contributed by atoms with Crippen molar-refractivity contribution in [3.63, 3.8) is 0 Å². The molecule has 1 saturated heterocycles. The molecule has 0 saturated carbocycles. The minimum Gasteiger partial charge on any atom is -0.480 e. The first-order valence-corrected chi connectivity index (χ1v) is 6.18. The van der Waals surface area contributed by atoms with E-state index in [1.807, 2.05) is 0 Å². The van der Waals surface area contributed by atoms with E-state index in [1.165, 1.54) is 23.1 Å². The predicted octanol–water partition coefficient (Wildman–Crippen LogP) is 2.21. The van der Waals surface area contributed by atoms with Gasteiger partial charge in [-0.15, -0.1) is 0 Å². The number of halogens is 1. The normalized spacial score (nSPS) is 22.6. The van der Waals surface area contributed by atoms with Gasteiger partial charge in [0.2, 0.25) is 0 Å². The molecule has 102 valence electrons. The Morgan fingerprint density at radius 2 is 2.11 bits per heavy atom. The Labute approximate surface area is 110 Å². The summed E-state index contributed by atoms with van der Waals surface area (Å²) in [7, 11) is 0. The molecule has 1 N–H and O–H groups in total. The Kier molecular flexibility index (Phi) is 3.30. The molecule has 1 aromatic carbocycles. The zero-order valence-corrected chi connectivity index (χ0v) is 10.9. The van der Waals surface area contributed by atoms with Crippen LogP contribution in [0.1, 0.15) is 35.7 Å². The molecule has 4 nitrogen and oxygen atoms in total. The first-order valence-electron chi connectivity index (χ1n) is 6.18. The lowest BCUT2D eigenvalue weighted by Gasteiger charge is -2.31. The van der Waals surface area contributed by atoms with E-state index >= 15 is 0 Å². The maximum absolute atomic E-state index is 13.0. The molecule has 1 heterocycles. The highest BCUT2D eigenvalue weighted by atomic mass is 19.1. The molecule has 1 unspecified atom stereocenters. The third-order valence-electron chi connectivity index (χ3n) is 3.77. The van der Waals surface area contributed by atoms with Crippen LogP contribution < -0.4 is 0 Å². The van der Waals surface area contributed by atoms with Crippen molar-refractivity contribution in [2.24, 2.45) is 0 Å². The average Bonchev–Trinajstić information content (AvgIpc) is 2.72. The van der Waals surface area contributed by atoms with Crippen LogP contribution in [-0.4, -0.2) is 34.0 Å². The minimum atomic E-state index is -1.17. The second kappa shape index (κ2) is 4.64. The number of likely N-dealkylation sites (tertiary alicyclic amines) is 1. The zero-order chi connectivity index (χ0) is 14.2. The molecule has 0 spiro atoms. The van der Waals surface area contributed by atoms with E-state index in [9.17, 15) is 19.1 Å². The average molecular weight is 265 g/mol. The van der Waals surface area contributed by atoms with Crippen LogP contribution in [0.5, 0.6) is 0 Å². The van der Waals surface area contributed by atoms with E-state index in [1.54, 1.807) is 13.8 Å². The lowest BCUT2D eigenvalue weighted by atomic mass is 9.98. The molecule has 2 rings (SSSR count). The summed E-state index contributed by atoms with van der Waals surface area (Å²) in [6, 6.07) is 3.91. The number of hydrogen-bond acceptors (Lipinski definition) is 2. The number of nitrogens with zero attached hydrogens (tertiary/aromatic N) is 1. The Hall–Kier alpha value is -1.91. The number of aryl methyl sites for hydroxylation is 1. The number of carboxylic acid groups (broad SMARTS) is 1. The van der Waals surface area contributed by atoms with Crippen LogP contribution in [0.4, 0.5) is 4.39 Å². The quantitative estimate of drug-likeness (QED) is 0.892. The number of amides is 1. The summed E-state index contributed by atoms with van der Waals surface area (Å²) < 4.78 is 13.0. The predicted molar refractivity (Wildman–Crippen MR) is 67.4 cm³/mol. The lowest BCUT2D eigenvalue weighted by molar-refractivity contribution is -0.147. The van der Waals surface area contributed by atoms with Crippen molar-refractivity contribution in [2.75, 3.05) is 6.54 Å². The Morgan fingerprint density at radius 3 is 2.68 bits per heavy atom. The SMILES string of the molecule is Cc1cc(F)ccc1C(=O)N1CCCC1(C)C(=O)O. The van der Waals surface area contributed by atoms with Crippen molar-refractivity contribution in [1.29, 1.82) is 0 Å². The van der Waals surface area contributed by atoms with Crippen LogP contribution in [0.15, 0.2) is 18.2 Å². The van der Waals surface area contributed by atoms with Gasteiger partial charge in [0.15, 0.2) is 0 Å². The molecule has 0 aliphatic carbocycles. The fourth-order valence-corrected chi connectivity index (χ4v) is 2.52. The summed E-state index contributed by atoms with van der Waals surface area (Å²) in [6.45, 7) is 3.61. The number of carbonyl (C=O) groups is 2. The highest BCUT2D eigenvalue weighted by molar-refractivity contribution is 5.99. The first-order chi connectivity index (χ1) is 8.86. The van der Waals surface area contributed by atoms with E-state index in [4.69, 9.17) is 0 Å². The molecule has 1 fully saturated rings. The monoisotopic (exact) mass is 265 g/mol. The van der Waals surface area contributed by atoms with Gasteiger partial charge in [0, 0.05) is 12.1 Å². The molecular formula is C14H16FNO3. The van der Waals surface area contributed by atoms with Gasteiger partial charge in [-0.3, -0.25) is 4.79 Å². The maximum atomic E-state index is 13.0. The van der Waals surface area contributed by atoms with Crippen LogP contribution in [0, 0.1) is 12.7 Å². The van der Waals surface area contributed by atoms with Crippen LogP contribution in [0.25, 0.3) is 0 Å². The number of benzene rings is 1. The molecule has 1 aliphatic heterocycles. The van der Waals surface area contributed by atoms with Gasteiger partial charge in [0.1, 0.15) is 11.4 Å². The summed E-state index contributed by atoms with van der Waals surface area (Å²) in [5.74, 6) is -1.76. The standard InChI is InChI=1S/C14H16FNO3/c1-9-8-10(15)4-5-11(9)12(17)16-7-3-6-14(16,2)13(18)19/h4-5,8H,3,6-7H2,1-2H3,(H,18,19). The highest BCUT2D eigenvalue weighted by Crippen LogP contribution is 2.31. The molecule has 1 atom stereocenters. The van der Waals surface area contributed by atoms with Crippen molar-refractivity contribution >= 4 is 11.9 Å². The summed E-state index contributed by atoms with van der Waals surface area (Å²) in [4.78, 5) is 25.2. The van der Waals surface area contributed by atoms with Crippen LogP contribution in [0.3, 0.4) is 0 Å². The smallest absolute Gasteiger partial charge is 0.329 e. The number of hydrogen-bond donors (Lipinski definition) is 1. The fourth-order valence-electron chi connectivity index (χ4n) is 2.52. The van der Waals surface area contributed by atoms with Crippen molar-refractivity contribution in [3.8, 4) is 0 Å². The minimum absolute atomic E-state index is 0.347. The molecule has 19 heavy (non-hydrogen) atoms.